The van der Waals surface area contributed by atoms with Crippen LogP contribution in [0.1, 0.15) is 20.8 Å². The van der Waals surface area contributed by atoms with Gasteiger partial charge in [0.25, 0.3) is 5.91 Å². The minimum Gasteiger partial charge on any atom is -0.477 e. The highest BCUT2D eigenvalue weighted by molar-refractivity contribution is 6.05. The quantitative estimate of drug-likeness (QED) is 0.899. The zero-order chi connectivity index (χ0) is 15.4. The number of aromatic nitrogens is 1. The van der Waals surface area contributed by atoms with Crippen LogP contribution in [0.5, 0.6) is 0 Å². The van der Waals surface area contributed by atoms with Crippen LogP contribution in [0.15, 0.2) is 42.6 Å². The van der Waals surface area contributed by atoms with Crippen LogP contribution in [0, 0.1) is 0 Å². The summed E-state index contributed by atoms with van der Waals surface area (Å²) in [6, 6.07) is 10.00. The lowest BCUT2D eigenvalue weighted by Gasteiger charge is -2.13. The molecule has 0 bridgehead atoms. The summed E-state index contributed by atoms with van der Waals surface area (Å²) in [6.45, 7) is 0. The predicted molar refractivity (Wildman–Crippen MR) is 79.9 cm³/mol. The molecular formula is C15H15N3O3. The number of carboxylic acids is 1. The van der Waals surface area contributed by atoms with Gasteiger partial charge in [-0.3, -0.25) is 4.79 Å². The summed E-state index contributed by atoms with van der Waals surface area (Å²) in [5.74, 6) is -1.44. The van der Waals surface area contributed by atoms with Gasteiger partial charge in [-0.05, 0) is 30.3 Å². The number of carbonyl (C=O) groups excluding carboxylic acids is 1. The smallest absolute Gasteiger partial charge is 0.354 e. The van der Waals surface area contributed by atoms with Crippen molar-refractivity contribution in [2.75, 3.05) is 24.3 Å². The number of amides is 1. The molecule has 1 aromatic carbocycles. The van der Waals surface area contributed by atoms with Crippen LogP contribution in [-0.2, 0) is 0 Å². The Bertz CT molecular complexity index is 683. The second kappa shape index (κ2) is 6.04. The molecule has 0 saturated heterocycles. The van der Waals surface area contributed by atoms with E-state index in [1.54, 1.807) is 24.3 Å². The number of carboxylic acid groups (broad SMARTS) is 1. The van der Waals surface area contributed by atoms with Gasteiger partial charge in [0.1, 0.15) is 5.69 Å². The van der Waals surface area contributed by atoms with Gasteiger partial charge in [0.15, 0.2) is 0 Å². The van der Waals surface area contributed by atoms with Gasteiger partial charge >= 0.3 is 5.97 Å². The predicted octanol–water partition coefficient (Wildman–Crippen LogP) is 2.10. The Morgan fingerprint density at radius 3 is 2.62 bits per heavy atom. The standard InChI is InChI=1S/C15H15N3O3/c1-18(2)12-5-3-4-10(8-12)14(19)17-11-6-7-16-13(9-11)15(20)21/h3-9H,1-2H3,(H,20,21)(H,16,17,19). The number of rotatable bonds is 4. The maximum absolute atomic E-state index is 12.2. The van der Waals surface area contributed by atoms with Crippen molar-refractivity contribution in [1.29, 1.82) is 0 Å². The van der Waals surface area contributed by atoms with Crippen molar-refractivity contribution in [1.82, 2.24) is 4.98 Å². The Kier molecular flexibility index (Phi) is 4.18. The van der Waals surface area contributed by atoms with Crippen LogP contribution in [0.2, 0.25) is 0 Å². The first-order chi connectivity index (χ1) is 9.97. The van der Waals surface area contributed by atoms with E-state index in [4.69, 9.17) is 5.11 Å². The molecule has 6 nitrogen and oxygen atoms in total. The largest absolute Gasteiger partial charge is 0.477 e. The summed E-state index contributed by atoms with van der Waals surface area (Å²) in [5, 5.41) is 11.5. The number of carbonyl (C=O) groups is 2. The van der Waals surface area contributed by atoms with Crippen LogP contribution < -0.4 is 10.2 Å². The fourth-order valence-corrected chi connectivity index (χ4v) is 1.75. The average Bonchev–Trinajstić information content (AvgIpc) is 2.47. The summed E-state index contributed by atoms with van der Waals surface area (Å²) >= 11 is 0. The number of nitrogens with one attached hydrogen (secondary N) is 1. The van der Waals surface area contributed by atoms with Crippen LogP contribution in [-0.4, -0.2) is 36.1 Å². The van der Waals surface area contributed by atoms with Crippen molar-refractivity contribution in [3.05, 3.63) is 53.9 Å². The van der Waals surface area contributed by atoms with Crippen molar-refractivity contribution < 1.29 is 14.7 Å². The molecule has 2 rings (SSSR count). The first kappa shape index (κ1) is 14.5. The monoisotopic (exact) mass is 285 g/mol. The highest BCUT2D eigenvalue weighted by Crippen LogP contribution is 2.15. The van der Waals surface area contributed by atoms with Crippen LogP contribution in [0.25, 0.3) is 0 Å². The highest BCUT2D eigenvalue weighted by Gasteiger charge is 2.10. The molecule has 2 N–H and O–H groups in total. The Balaban J connectivity index is 2.20. The van der Waals surface area contributed by atoms with Crippen molar-refractivity contribution in [3.63, 3.8) is 0 Å². The molecule has 108 valence electrons. The van der Waals surface area contributed by atoms with Gasteiger partial charge in [0.2, 0.25) is 0 Å². The number of nitrogens with zero attached hydrogens (tertiary/aromatic N) is 2. The second-order valence-electron chi connectivity index (χ2n) is 4.63. The first-order valence-corrected chi connectivity index (χ1v) is 6.25. The third-order valence-electron chi connectivity index (χ3n) is 2.86. The molecule has 0 aliphatic rings. The summed E-state index contributed by atoms with van der Waals surface area (Å²) < 4.78 is 0. The Hall–Kier alpha value is -2.89. The molecule has 6 heteroatoms. The molecule has 0 aliphatic carbocycles. The maximum atomic E-state index is 12.2. The molecule has 0 atom stereocenters. The summed E-state index contributed by atoms with van der Waals surface area (Å²) in [4.78, 5) is 28.6. The Labute approximate surface area is 122 Å². The van der Waals surface area contributed by atoms with Crippen molar-refractivity contribution in [2.24, 2.45) is 0 Å². The molecule has 0 saturated carbocycles. The number of hydrogen-bond donors (Lipinski definition) is 2. The number of anilines is 2. The van der Waals surface area contributed by atoms with Gasteiger partial charge in [-0.25, -0.2) is 9.78 Å². The minimum atomic E-state index is -1.14. The third-order valence-corrected chi connectivity index (χ3v) is 2.86. The molecule has 0 fully saturated rings. The normalized spacial score (nSPS) is 10.0. The fraction of sp³-hybridized carbons (Fsp3) is 0.133. The van der Waals surface area contributed by atoms with Crippen LogP contribution in [0.3, 0.4) is 0 Å². The lowest BCUT2D eigenvalue weighted by Crippen LogP contribution is -2.14. The van der Waals surface area contributed by atoms with E-state index >= 15 is 0 Å². The van der Waals surface area contributed by atoms with Gasteiger partial charge in [0.05, 0.1) is 0 Å². The van der Waals surface area contributed by atoms with Gasteiger partial charge in [-0.2, -0.15) is 0 Å². The maximum Gasteiger partial charge on any atom is 0.354 e. The van der Waals surface area contributed by atoms with E-state index in [2.05, 4.69) is 10.3 Å². The van der Waals surface area contributed by atoms with Gasteiger partial charge in [-0.15, -0.1) is 0 Å². The van der Waals surface area contributed by atoms with E-state index in [1.165, 1.54) is 12.3 Å². The molecule has 21 heavy (non-hydrogen) atoms. The molecule has 0 radical (unpaired) electrons. The molecule has 1 heterocycles. The molecule has 0 unspecified atom stereocenters. The molecule has 1 amide bonds. The van der Waals surface area contributed by atoms with E-state index in [0.29, 0.717) is 11.3 Å². The number of hydrogen-bond acceptors (Lipinski definition) is 4. The molecular weight excluding hydrogens is 270 g/mol. The van der Waals surface area contributed by atoms with Crippen molar-refractivity contribution >= 4 is 23.3 Å². The minimum absolute atomic E-state index is 0.116. The lowest BCUT2D eigenvalue weighted by atomic mass is 10.1. The molecule has 0 spiro atoms. The number of benzene rings is 1. The van der Waals surface area contributed by atoms with Gasteiger partial charge < -0.3 is 15.3 Å². The fourth-order valence-electron chi connectivity index (χ4n) is 1.75. The van der Waals surface area contributed by atoms with Crippen molar-refractivity contribution in [2.45, 2.75) is 0 Å². The first-order valence-electron chi connectivity index (χ1n) is 6.25. The summed E-state index contributed by atoms with van der Waals surface area (Å²) in [7, 11) is 3.78. The second-order valence-corrected chi connectivity index (χ2v) is 4.63. The van der Waals surface area contributed by atoms with E-state index in [1.807, 2.05) is 25.1 Å². The summed E-state index contributed by atoms with van der Waals surface area (Å²) in [6.07, 6.45) is 1.34. The Morgan fingerprint density at radius 1 is 1.19 bits per heavy atom. The number of aromatic carboxylic acids is 1. The van der Waals surface area contributed by atoms with Crippen molar-refractivity contribution in [3.8, 4) is 0 Å². The lowest BCUT2D eigenvalue weighted by molar-refractivity contribution is 0.0690. The third kappa shape index (κ3) is 3.56. The van der Waals surface area contributed by atoms with Crippen LogP contribution >= 0.6 is 0 Å². The molecule has 2 aromatic rings. The van der Waals surface area contributed by atoms with E-state index in [0.717, 1.165) is 5.69 Å². The summed E-state index contributed by atoms with van der Waals surface area (Å²) in [5.41, 5.74) is 1.68. The van der Waals surface area contributed by atoms with Gasteiger partial charge in [0, 0.05) is 37.2 Å². The number of pyridine rings is 1. The van der Waals surface area contributed by atoms with E-state index < -0.39 is 5.97 Å². The SMILES string of the molecule is CN(C)c1cccc(C(=O)Nc2ccnc(C(=O)O)c2)c1. The zero-order valence-electron chi connectivity index (χ0n) is 11.7. The highest BCUT2D eigenvalue weighted by atomic mass is 16.4. The van der Waals surface area contributed by atoms with Crippen LogP contribution in [0.4, 0.5) is 11.4 Å². The van der Waals surface area contributed by atoms with E-state index in [9.17, 15) is 9.59 Å². The topological polar surface area (TPSA) is 82.5 Å². The average molecular weight is 285 g/mol. The zero-order valence-corrected chi connectivity index (χ0v) is 11.7. The molecule has 1 aromatic heterocycles. The van der Waals surface area contributed by atoms with Gasteiger partial charge in [-0.1, -0.05) is 6.07 Å². The van der Waals surface area contributed by atoms with E-state index in [-0.39, 0.29) is 11.6 Å². The molecule has 0 aliphatic heterocycles. The Morgan fingerprint density at radius 2 is 1.95 bits per heavy atom.